The van der Waals surface area contributed by atoms with E-state index in [2.05, 4.69) is 29.2 Å². The zero-order valence-corrected chi connectivity index (χ0v) is 12.3. The molecule has 0 amide bonds. The minimum atomic E-state index is 0.319. The Kier molecular flexibility index (Phi) is 4.90. The molecular formula is C16H19NO2S. The van der Waals surface area contributed by atoms with Crippen LogP contribution in [0, 0.1) is 0 Å². The van der Waals surface area contributed by atoms with Crippen molar-refractivity contribution in [2.45, 2.75) is 23.8 Å². The molecule has 1 unspecified atom stereocenters. The van der Waals surface area contributed by atoms with Crippen LogP contribution in [0.25, 0.3) is 10.9 Å². The number of aromatic nitrogens is 1. The maximum atomic E-state index is 5.69. The quantitative estimate of drug-likeness (QED) is 0.601. The molecule has 106 valence electrons. The van der Waals surface area contributed by atoms with Gasteiger partial charge in [-0.15, -0.1) is 11.8 Å². The number of thioether (sulfide) groups is 1. The first-order chi connectivity index (χ1) is 9.93. The summed E-state index contributed by atoms with van der Waals surface area (Å²) in [6.07, 6.45) is 4.48. The normalized spacial score (nSPS) is 18.7. The van der Waals surface area contributed by atoms with Crippen molar-refractivity contribution < 1.29 is 9.47 Å². The van der Waals surface area contributed by atoms with Gasteiger partial charge in [0.1, 0.15) is 0 Å². The van der Waals surface area contributed by atoms with Crippen LogP contribution in [-0.2, 0) is 9.47 Å². The molecule has 1 aliphatic rings. The highest BCUT2D eigenvalue weighted by atomic mass is 32.2. The van der Waals surface area contributed by atoms with E-state index in [-0.39, 0.29) is 0 Å². The lowest BCUT2D eigenvalue weighted by atomic mass is 10.2. The molecule has 0 radical (unpaired) electrons. The summed E-state index contributed by atoms with van der Waals surface area (Å²) in [5, 5.41) is 1.19. The van der Waals surface area contributed by atoms with Gasteiger partial charge in [-0.1, -0.05) is 18.2 Å². The van der Waals surface area contributed by atoms with Crippen LogP contribution < -0.4 is 0 Å². The zero-order valence-electron chi connectivity index (χ0n) is 11.5. The van der Waals surface area contributed by atoms with E-state index < -0.39 is 0 Å². The summed E-state index contributed by atoms with van der Waals surface area (Å²) in [7, 11) is 0. The summed E-state index contributed by atoms with van der Waals surface area (Å²) in [5.74, 6) is 0.947. The number of rotatable bonds is 6. The molecule has 3 nitrogen and oxygen atoms in total. The van der Waals surface area contributed by atoms with Crippen molar-refractivity contribution in [2.75, 3.05) is 25.6 Å². The molecule has 0 N–H and O–H groups in total. The summed E-state index contributed by atoms with van der Waals surface area (Å²) < 4.78 is 11.2. The highest BCUT2D eigenvalue weighted by Crippen LogP contribution is 2.25. The van der Waals surface area contributed by atoms with Gasteiger partial charge in [0, 0.05) is 28.8 Å². The second-order valence-electron chi connectivity index (χ2n) is 4.89. The lowest BCUT2D eigenvalue weighted by molar-refractivity contribution is 0.0226. The van der Waals surface area contributed by atoms with E-state index in [0.717, 1.165) is 37.5 Å². The van der Waals surface area contributed by atoms with Crippen LogP contribution in [0.3, 0.4) is 0 Å². The smallest absolute Gasteiger partial charge is 0.0837 e. The molecule has 2 heterocycles. The van der Waals surface area contributed by atoms with Gasteiger partial charge < -0.3 is 9.47 Å². The maximum Gasteiger partial charge on any atom is 0.0837 e. The van der Waals surface area contributed by atoms with Crippen molar-refractivity contribution in [1.29, 1.82) is 0 Å². The Morgan fingerprint density at radius 1 is 1.30 bits per heavy atom. The van der Waals surface area contributed by atoms with E-state index in [1.165, 1.54) is 16.7 Å². The van der Waals surface area contributed by atoms with Gasteiger partial charge in [0.2, 0.25) is 0 Å². The molecule has 1 aromatic carbocycles. The molecule has 3 rings (SSSR count). The van der Waals surface area contributed by atoms with Crippen LogP contribution in [0.4, 0.5) is 0 Å². The minimum absolute atomic E-state index is 0.319. The fraction of sp³-hybridized carbons (Fsp3) is 0.438. The Hall–Kier alpha value is -1.10. The second-order valence-corrected chi connectivity index (χ2v) is 6.03. The van der Waals surface area contributed by atoms with Crippen molar-refractivity contribution in [3.8, 4) is 0 Å². The van der Waals surface area contributed by atoms with Crippen molar-refractivity contribution in [3.63, 3.8) is 0 Å². The highest BCUT2D eigenvalue weighted by molar-refractivity contribution is 7.99. The van der Waals surface area contributed by atoms with Gasteiger partial charge in [-0.2, -0.15) is 0 Å². The third kappa shape index (κ3) is 3.51. The molecular weight excluding hydrogens is 270 g/mol. The van der Waals surface area contributed by atoms with Gasteiger partial charge >= 0.3 is 0 Å². The Balaban J connectivity index is 1.47. The molecule has 1 fully saturated rings. The summed E-state index contributed by atoms with van der Waals surface area (Å²) >= 11 is 1.80. The Morgan fingerprint density at radius 3 is 3.15 bits per heavy atom. The second kappa shape index (κ2) is 7.07. The molecule has 4 heteroatoms. The first-order valence-electron chi connectivity index (χ1n) is 7.09. The van der Waals surface area contributed by atoms with Gasteiger partial charge in [0.15, 0.2) is 0 Å². The Bertz CT molecular complexity index is 550. The van der Waals surface area contributed by atoms with E-state index in [0.29, 0.717) is 6.10 Å². The molecule has 1 aliphatic heterocycles. The van der Waals surface area contributed by atoms with Crippen molar-refractivity contribution >= 4 is 22.7 Å². The zero-order chi connectivity index (χ0) is 13.6. The lowest BCUT2D eigenvalue weighted by Gasteiger charge is -2.10. The van der Waals surface area contributed by atoms with E-state index in [9.17, 15) is 0 Å². The van der Waals surface area contributed by atoms with E-state index in [4.69, 9.17) is 9.47 Å². The lowest BCUT2D eigenvalue weighted by Crippen LogP contribution is -2.15. The predicted octanol–water partition coefficient (Wildman–Crippen LogP) is 3.52. The molecule has 0 bridgehead atoms. The number of fused-ring (bicyclic) bond motifs is 1. The van der Waals surface area contributed by atoms with Gasteiger partial charge in [-0.05, 0) is 25.0 Å². The van der Waals surface area contributed by atoms with Crippen LogP contribution in [0.15, 0.2) is 41.4 Å². The van der Waals surface area contributed by atoms with E-state index in [1.807, 2.05) is 12.3 Å². The molecule has 0 saturated carbocycles. The van der Waals surface area contributed by atoms with Gasteiger partial charge in [-0.3, -0.25) is 4.98 Å². The number of para-hydroxylation sites is 1. The fourth-order valence-electron chi connectivity index (χ4n) is 2.39. The summed E-state index contributed by atoms with van der Waals surface area (Å²) in [6.45, 7) is 2.38. The molecule has 0 aliphatic carbocycles. The van der Waals surface area contributed by atoms with Crippen LogP contribution in [-0.4, -0.2) is 36.7 Å². The number of nitrogens with zero attached hydrogens (tertiary/aromatic N) is 1. The first-order valence-corrected chi connectivity index (χ1v) is 8.08. The summed E-state index contributed by atoms with van der Waals surface area (Å²) in [5.41, 5.74) is 1.08. The SMILES string of the molecule is c1cnc2c(SCCOCC3CCCO3)cccc2c1. The molecule has 2 aromatic rings. The third-order valence-corrected chi connectivity index (χ3v) is 4.42. The van der Waals surface area contributed by atoms with Crippen molar-refractivity contribution in [1.82, 2.24) is 4.98 Å². The Labute approximate surface area is 123 Å². The number of benzene rings is 1. The minimum Gasteiger partial charge on any atom is -0.378 e. The van der Waals surface area contributed by atoms with Crippen LogP contribution in [0.1, 0.15) is 12.8 Å². The monoisotopic (exact) mass is 289 g/mol. The Morgan fingerprint density at radius 2 is 2.25 bits per heavy atom. The van der Waals surface area contributed by atoms with E-state index in [1.54, 1.807) is 11.8 Å². The molecule has 20 heavy (non-hydrogen) atoms. The van der Waals surface area contributed by atoms with E-state index >= 15 is 0 Å². The standard InChI is InChI=1S/C16H19NO2S/c1-4-13-5-2-8-17-16(13)15(7-1)20-11-10-18-12-14-6-3-9-19-14/h1-2,4-5,7-8,14H,3,6,9-12H2. The summed E-state index contributed by atoms with van der Waals surface area (Å²) in [4.78, 5) is 5.69. The van der Waals surface area contributed by atoms with Gasteiger partial charge in [0.05, 0.1) is 24.8 Å². The maximum absolute atomic E-state index is 5.69. The van der Waals surface area contributed by atoms with Crippen molar-refractivity contribution in [2.24, 2.45) is 0 Å². The molecule has 0 spiro atoms. The van der Waals surface area contributed by atoms with Crippen LogP contribution in [0.2, 0.25) is 0 Å². The average Bonchev–Trinajstić information content (AvgIpc) is 3.00. The third-order valence-electron chi connectivity index (χ3n) is 3.41. The number of pyridine rings is 1. The summed E-state index contributed by atoms with van der Waals surface area (Å²) in [6, 6.07) is 10.4. The molecule has 1 saturated heterocycles. The highest BCUT2D eigenvalue weighted by Gasteiger charge is 2.14. The van der Waals surface area contributed by atoms with Crippen molar-refractivity contribution in [3.05, 3.63) is 36.5 Å². The average molecular weight is 289 g/mol. The number of hydrogen-bond acceptors (Lipinski definition) is 4. The largest absolute Gasteiger partial charge is 0.378 e. The van der Waals surface area contributed by atoms with Gasteiger partial charge in [-0.25, -0.2) is 0 Å². The molecule has 1 aromatic heterocycles. The topological polar surface area (TPSA) is 31.4 Å². The number of ether oxygens (including phenoxy) is 2. The molecule has 1 atom stereocenters. The number of hydrogen-bond donors (Lipinski definition) is 0. The predicted molar refractivity (Wildman–Crippen MR) is 82.3 cm³/mol. The fourth-order valence-corrected chi connectivity index (χ4v) is 3.30. The van der Waals surface area contributed by atoms with Crippen LogP contribution >= 0.6 is 11.8 Å². The first kappa shape index (κ1) is 13.9. The van der Waals surface area contributed by atoms with Crippen LogP contribution in [0.5, 0.6) is 0 Å². The van der Waals surface area contributed by atoms with Gasteiger partial charge in [0.25, 0.3) is 0 Å².